The summed E-state index contributed by atoms with van der Waals surface area (Å²) in [4.78, 5) is 58.1. The monoisotopic (exact) mass is 1130 g/mol. The molecule has 2 amide bonds. The number of alkyl carbamates (subject to hydrolysis) is 1. The summed E-state index contributed by atoms with van der Waals surface area (Å²) >= 11 is 0. The first-order valence-corrected chi connectivity index (χ1v) is 35.1. The number of nitrogens with one attached hydrogen (secondary N) is 1. The highest BCUT2D eigenvalue weighted by molar-refractivity contribution is 8.76. The maximum atomic E-state index is 13.4. The predicted molar refractivity (Wildman–Crippen MR) is 328 cm³/mol. The van der Waals surface area contributed by atoms with Gasteiger partial charge in [0.1, 0.15) is 25.4 Å². The van der Waals surface area contributed by atoms with Gasteiger partial charge in [0.25, 0.3) is 0 Å². The highest BCUT2D eigenvalue weighted by Crippen LogP contribution is 2.22. The second-order valence-corrected chi connectivity index (χ2v) is 25.1. The molecule has 0 aromatic heterocycles. The van der Waals surface area contributed by atoms with Crippen LogP contribution in [0, 0.1) is 0 Å². The molecule has 0 bridgehead atoms. The Kier molecular flexibility index (Phi) is 53.2. The normalized spacial score (nSPS) is 13.1. The van der Waals surface area contributed by atoms with Gasteiger partial charge in [0, 0.05) is 76.7 Å². The SMILES string of the molecule is CCCCCCCCC(CCCCCCCC)OC(=O)CCCCCCCN(CCCCCCCC(=O)OC(CCCCCCCC)CCCCCCCC)C(=O)OCCSSCCOC(=O)NCCN1CCN(C)CC1. The Balaban J connectivity index is 2.54. The highest BCUT2D eigenvalue weighted by Gasteiger charge is 2.18. The van der Waals surface area contributed by atoms with Crippen LogP contribution in [0.4, 0.5) is 9.59 Å². The molecule has 1 N–H and O–H groups in total. The maximum Gasteiger partial charge on any atom is 0.409 e. The Morgan fingerprint density at radius 2 is 0.805 bits per heavy atom. The molecule has 14 heteroatoms. The summed E-state index contributed by atoms with van der Waals surface area (Å²) in [5, 5.41) is 2.86. The van der Waals surface area contributed by atoms with Crippen LogP contribution in [0.25, 0.3) is 0 Å². The molecule has 0 unspecified atom stereocenters. The van der Waals surface area contributed by atoms with E-state index >= 15 is 0 Å². The van der Waals surface area contributed by atoms with E-state index in [9.17, 15) is 19.2 Å². The van der Waals surface area contributed by atoms with Gasteiger partial charge in [0.05, 0.1) is 0 Å². The van der Waals surface area contributed by atoms with Crippen LogP contribution in [0.15, 0.2) is 0 Å². The van der Waals surface area contributed by atoms with Crippen molar-refractivity contribution in [2.75, 3.05) is 84.1 Å². The van der Waals surface area contributed by atoms with Crippen molar-refractivity contribution >= 4 is 45.7 Å². The fraction of sp³-hybridized carbons (Fsp3) is 0.937. The van der Waals surface area contributed by atoms with E-state index in [1.165, 1.54) is 128 Å². The molecule has 12 nitrogen and oxygen atoms in total. The molecule has 0 atom stereocenters. The van der Waals surface area contributed by atoms with Crippen LogP contribution in [-0.2, 0) is 28.5 Å². The van der Waals surface area contributed by atoms with Crippen LogP contribution in [-0.4, -0.2) is 135 Å². The van der Waals surface area contributed by atoms with E-state index in [0.717, 1.165) is 148 Å². The standard InChI is InChI=1S/C63H122N4O8S2/c1-6-10-14-18-24-32-40-58(41-33-25-19-15-11-7-2)74-60(68)44-36-28-22-30-38-47-67(63(71)73-55-57-77-76-56-54-72-62(70)64-46-49-66-52-50-65(5)51-53-66)48-39-31-23-29-37-45-61(69)75-59(42-34-26-20-16-12-8-3)43-35-27-21-17-13-9-4/h58-59H,6-57H2,1-5H3,(H,64,70). The minimum absolute atomic E-state index is 0.0352. The molecule has 0 aromatic carbocycles. The minimum Gasteiger partial charge on any atom is -0.462 e. The van der Waals surface area contributed by atoms with E-state index in [2.05, 4.69) is 49.9 Å². The number of likely N-dealkylation sites (N-methyl/N-ethyl adjacent to an activating group) is 1. The third-order valence-corrected chi connectivity index (χ3v) is 17.5. The molecule has 0 spiro atoms. The zero-order chi connectivity index (χ0) is 55.9. The van der Waals surface area contributed by atoms with Crippen LogP contribution in [0.3, 0.4) is 0 Å². The second kappa shape index (κ2) is 56.0. The number of piperazine rings is 1. The number of hydrogen-bond acceptors (Lipinski definition) is 12. The fourth-order valence-corrected chi connectivity index (χ4v) is 11.8. The number of carbonyl (C=O) groups is 4. The zero-order valence-corrected chi connectivity index (χ0v) is 52.5. The van der Waals surface area contributed by atoms with Crippen molar-refractivity contribution < 1.29 is 38.1 Å². The Hall–Kier alpha value is -1.90. The zero-order valence-electron chi connectivity index (χ0n) is 50.8. The molecule has 1 fully saturated rings. The van der Waals surface area contributed by atoms with Crippen molar-refractivity contribution in [1.29, 1.82) is 0 Å². The first-order chi connectivity index (χ1) is 37.7. The van der Waals surface area contributed by atoms with Crippen molar-refractivity contribution in [2.24, 2.45) is 0 Å². The van der Waals surface area contributed by atoms with Gasteiger partial charge in [-0.3, -0.25) is 14.5 Å². The second-order valence-electron chi connectivity index (χ2n) is 22.4. The number of rotatable bonds is 56. The summed E-state index contributed by atoms with van der Waals surface area (Å²) in [6, 6.07) is 0. The molecule has 0 aliphatic carbocycles. The number of nitrogens with zero attached hydrogens (tertiary/aromatic N) is 3. The van der Waals surface area contributed by atoms with E-state index in [0.29, 0.717) is 57.2 Å². The van der Waals surface area contributed by atoms with Gasteiger partial charge in [0.2, 0.25) is 0 Å². The molecule has 1 aliphatic heterocycles. The molecule has 0 aromatic rings. The highest BCUT2D eigenvalue weighted by atomic mass is 33.1. The summed E-state index contributed by atoms with van der Waals surface area (Å²) in [5.41, 5.74) is 0. The third-order valence-electron chi connectivity index (χ3n) is 15.2. The van der Waals surface area contributed by atoms with Gasteiger partial charge in [-0.15, -0.1) is 0 Å². The average Bonchev–Trinajstić information content (AvgIpc) is 3.42. The van der Waals surface area contributed by atoms with Crippen LogP contribution >= 0.6 is 21.6 Å². The van der Waals surface area contributed by atoms with Crippen LogP contribution in [0.2, 0.25) is 0 Å². The molecule has 1 saturated heterocycles. The van der Waals surface area contributed by atoms with Gasteiger partial charge in [-0.2, -0.15) is 0 Å². The molecular formula is C63H122N4O8S2. The molecule has 0 radical (unpaired) electrons. The van der Waals surface area contributed by atoms with Crippen LogP contribution < -0.4 is 5.32 Å². The van der Waals surface area contributed by atoms with Gasteiger partial charge in [-0.05, 0) is 84.1 Å². The lowest BCUT2D eigenvalue weighted by molar-refractivity contribution is -0.151. The number of unbranched alkanes of at least 4 members (excludes halogenated alkanes) is 28. The lowest BCUT2D eigenvalue weighted by Crippen LogP contribution is -2.47. The Bertz CT molecular complexity index is 1250. The predicted octanol–water partition coefficient (Wildman–Crippen LogP) is 17.3. The third kappa shape index (κ3) is 48.5. The average molecular weight is 1130 g/mol. The lowest BCUT2D eigenvalue weighted by atomic mass is 10.0. The Morgan fingerprint density at radius 1 is 0.455 bits per heavy atom. The quantitative estimate of drug-likeness (QED) is 0.0270. The number of carbonyl (C=O) groups excluding carboxylic acids is 4. The molecule has 1 heterocycles. The van der Waals surface area contributed by atoms with Gasteiger partial charge in [0.15, 0.2) is 0 Å². The lowest BCUT2D eigenvalue weighted by Gasteiger charge is -2.32. The number of hydrogen-bond donors (Lipinski definition) is 1. The van der Waals surface area contributed by atoms with Gasteiger partial charge in [-0.25, -0.2) is 9.59 Å². The fourth-order valence-electron chi connectivity index (χ4n) is 10.1. The van der Waals surface area contributed by atoms with Crippen molar-refractivity contribution in [3.63, 3.8) is 0 Å². The van der Waals surface area contributed by atoms with Gasteiger partial charge < -0.3 is 34.1 Å². The van der Waals surface area contributed by atoms with Gasteiger partial charge in [-0.1, -0.05) is 216 Å². The van der Waals surface area contributed by atoms with Crippen molar-refractivity contribution in [1.82, 2.24) is 20.0 Å². The summed E-state index contributed by atoms with van der Waals surface area (Å²) in [7, 11) is 5.37. The van der Waals surface area contributed by atoms with Crippen molar-refractivity contribution in [2.45, 2.75) is 297 Å². The molecule has 1 rings (SSSR count). The van der Waals surface area contributed by atoms with Crippen LogP contribution in [0.1, 0.15) is 285 Å². The Morgan fingerprint density at radius 3 is 1.21 bits per heavy atom. The molecule has 454 valence electrons. The van der Waals surface area contributed by atoms with E-state index in [1.54, 1.807) is 21.6 Å². The Labute approximate surface area is 482 Å². The van der Waals surface area contributed by atoms with Crippen molar-refractivity contribution in [3.8, 4) is 0 Å². The largest absolute Gasteiger partial charge is 0.462 e. The number of ether oxygens (including phenoxy) is 4. The molecule has 0 saturated carbocycles. The first kappa shape index (κ1) is 73.1. The molecule has 77 heavy (non-hydrogen) atoms. The van der Waals surface area contributed by atoms with E-state index in [-0.39, 0.29) is 36.3 Å². The van der Waals surface area contributed by atoms with Crippen LogP contribution in [0.5, 0.6) is 0 Å². The molecule has 1 aliphatic rings. The summed E-state index contributed by atoms with van der Waals surface area (Å²) in [6.07, 6.45) is 44.0. The van der Waals surface area contributed by atoms with Crippen molar-refractivity contribution in [3.05, 3.63) is 0 Å². The summed E-state index contributed by atoms with van der Waals surface area (Å²) < 4.78 is 23.3. The maximum absolute atomic E-state index is 13.4. The van der Waals surface area contributed by atoms with E-state index in [1.807, 2.05) is 4.90 Å². The van der Waals surface area contributed by atoms with E-state index in [4.69, 9.17) is 18.9 Å². The van der Waals surface area contributed by atoms with Gasteiger partial charge >= 0.3 is 24.1 Å². The van der Waals surface area contributed by atoms with E-state index < -0.39 is 0 Å². The topological polar surface area (TPSA) is 127 Å². The smallest absolute Gasteiger partial charge is 0.409 e. The summed E-state index contributed by atoms with van der Waals surface area (Å²) in [5.74, 6) is 1.25. The molecular weight excluding hydrogens is 1000 g/mol. The first-order valence-electron chi connectivity index (χ1n) is 32.6. The minimum atomic E-state index is -0.374. The number of amides is 2. The summed E-state index contributed by atoms with van der Waals surface area (Å²) in [6.45, 7) is 16.6. The number of esters is 2.